The lowest BCUT2D eigenvalue weighted by molar-refractivity contribution is -0.124. The molecule has 2 fully saturated rings. The van der Waals surface area contributed by atoms with Crippen molar-refractivity contribution in [1.82, 2.24) is 10.2 Å². The van der Waals surface area contributed by atoms with Crippen LogP contribution in [0.2, 0.25) is 5.02 Å². The van der Waals surface area contributed by atoms with Crippen molar-refractivity contribution in [2.75, 3.05) is 46.0 Å². The second kappa shape index (κ2) is 9.38. The van der Waals surface area contributed by atoms with E-state index in [1.807, 2.05) is 12.1 Å². The first-order valence-corrected chi connectivity index (χ1v) is 9.19. The molecular formula is C18H25ClN2O4. The number of piperidine rings is 1. The van der Waals surface area contributed by atoms with E-state index in [0.29, 0.717) is 43.9 Å². The van der Waals surface area contributed by atoms with Crippen LogP contribution < -0.4 is 10.1 Å². The molecule has 0 radical (unpaired) electrons. The molecule has 6 nitrogen and oxygen atoms in total. The van der Waals surface area contributed by atoms with Gasteiger partial charge >= 0.3 is 0 Å². The van der Waals surface area contributed by atoms with Crippen molar-refractivity contribution in [3.8, 4) is 5.75 Å². The molecule has 2 heterocycles. The summed E-state index contributed by atoms with van der Waals surface area (Å²) < 4.78 is 16.7. The first kappa shape index (κ1) is 18.5. The van der Waals surface area contributed by atoms with E-state index in [0.717, 1.165) is 31.7 Å². The molecule has 7 heteroatoms. The van der Waals surface area contributed by atoms with Crippen molar-refractivity contribution in [2.45, 2.75) is 19.1 Å². The van der Waals surface area contributed by atoms with E-state index in [2.05, 4.69) is 10.2 Å². The Balaban J connectivity index is 1.27. The van der Waals surface area contributed by atoms with Gasteiger partial charge in [0.25, 0.3) is 0 Å². The van der Waals surface area contributed by atoms with Crippen molar-refractivity contribution in [3.63, 3.8) is 0 Å². The number of halogens is 1. The largest absolute Gasteiger partial charge is 0.492 e. The van der Waals surface area contributed by atoms with E-state index in [1.54, 1.807) is 12.1 Å². The van der Waals surface area contributed by atoms with Gasteiger partial charge in [0.05, 0.1) is 26.3 Å². The van der Waals surface area contributed by atoms with Crippen LogP contribution in [0.15, 0.2) is 24.3 Å². The van der Waals surface area contributed by atoms with Crippen molar-refractivity contribution in [1.29, 1.82) is 0 Å². The zero-order chi connectivity index (χ0) is 17.5. The summed E-state index contributed by atoms with van der Waals surface area (Å²) in [4.78, 5) is 14.2. The Kier molecular flexibility index (Phi) is 6.93. The number of carbonyl (C=O) groups is 1. The fourth-order valence-electron chi connectivity index (χ4n) is 3.18. The molecule has 0 saturated carbocycles. The highest BCUT2D eigenvalue weighted by molar-refractivity contribution is 6.30. The van der Waals surface area contributed by atoms with Crippen LogP contribution in [-0.2, 0) is 14.3 Å². The summed E-state index contributed by atoms with van der Waals surface area (Å²) in [5.74, 6) is 1.23. The minimum atomic E-state index is -0.0407. The average molecular weight is 369 g/mol. The van der Waals surface area contributed by atoms with Crippen LogP contribution in [0.3, 0.4) is 0 Å². The molecule has 2 aliphatic heterocycles. The quantitative estimate of drug-likeness (QED) is 0.745. The third kappa shape index (κ3) is 5.85. The van der Waals surface area contributed by atoms with Crippen LogP contribution in [0, 0.1) is 5.92 Å². The predicted molar refractivity (Wildman–Crippen MR) is 94.8 cm³/mol. The van der Waals surface area contributed by atoms with Crippen LogP contribution in [0.4, 0.5) is 0 Å². The molecule has 138 valence electrons. The number of hydrogen-bond acceptors (Lipinski definition) is 5. The molecule has 2 saturated heterocycles. The van der Waals surface area contributed by atoms with E-state index >= 15 is 0 Å². The number of rotatable bonds is 7. The van der Waals surface area contributed by atoms with Crippen LogP contribution in [0.1, 0.15) is 12.8 Å². The minimum Gasteiger partial charge on any atom is -0.492 e. The van der Waals surface area contributed by atoms with E-state index in [-0.39, 0.29) is 12.2 Å². The minimum absolute atomic E-state index is 0.0338. The van der Waals surface area contributed by atoms with E-state index in [1.165, 1.54) is 0 Å². The lowest BCUT2D eigenvalue weighted by Gasteiger charge is -2.33. The lowest BCUT2D eigenvalue weighted by atomic mass is 9.96. The molecule has 0 aliphatic carbocycles. The van der Waals surface area contributed by atoms with Gasteiger partial charge in [0, 0.05) is 10.9 Å². The van der Waals surface area contributed by atoms with E-state index in [9.17, 15) is 4.79 Å². The van der Waals surface area contributed by atoms with Gasteiger partial charge in [0.1, 0.15) is 12.4 Å². The molecule has 1 N–H and O–H groups in total. The van der Waals surface area contributed by atoms with Gasteiger partial charge in [0.15, 0.2) is 6.29 Å². The smallest absolute Gasteiger partial charge is 0.234 e. The third-order valence-corrected chi connectivity index (χ3v) is 4.79. The zero-order valence-electron chi connectivity index (χ0n) is 14.3. The highest BCUT2D eigenvalue weighted by Crippen LogP contribution is 2.25. The number of carbonyl (C=O) groups excluding carboxylic acids is 1. The SMILES string of the molecule is O=C(CN1CCC(C2OCCO2)CC1)NCCOc1ccc(Cl)cc1. The summed E-state index contributed by atoms with van der Waals surface area (Å²) in [5, 5.41) is 3.57. The Morgan fingerprint density at radius 1 is 1.20 bits per heavy atom. The summed E-state index contributed by atoms with van der Waals surface area (Å²) in [6.45, 7) is 4.56. The second-order valence-corrected chi connectivity index (χ2v) is 6.81. The molecule has 0 aromatic heterocycles. The topological polar surface area (TPSA) is 60.0 Å². The average Bonchev–Trinajstić information content (AvgIpc) is 3.15. The Morgan fingerprint density at radius 3 is 2.56 bits per heavy atom. The maximum absolute atomic E-state index is 12.0. The van der Waals surface area contributed by atoms with Gasteiger partial charge in [-0.1, -0.05) is 11.6 Å². The molecule has 3 rings (SSSR count). The number of hydrogen-bond donors (Lipinski definition) is 1. The maximum Gasteiger partial charge on any atom is 0.234 e. The standard InChI is InChI=1S/C18H25ClN2O4/c19-15-1-3-16(4-2-15)23-10-7-20-17(22)13-21-8-5-14(6-9-21)18-24-11-12-25-18/h1-4,14,18H,5-13H2,(H,20,22). The van der Waals surface area contributed by atoms with Gasteiger partial charge in [-0.15, -0.1) is 0 Å². The Hall–Kier alpha value is -1.34. The number of amides is 1. The molecule has 1 aromatic carbocycles. The van der Waals surface area contributed by atoms with E-state index < -0.39 is 0 Å². The Labute approximate surface area is 153 Å². The van der Waals surface area contributed by atoms with Crippen LogP contribution in [-0.4, -0.2) is 63.1 Å². The predicted octanol–water partition coefficient (Wildman–Crippen LogP) is 1.92. The summed E-state index contributed by atoms with van der Waals surface area (Å²) >= 11 is 5.82. The fourth-order valence-corrected chi connectivity index (χ4v) is 3.31. The normalized spacial score (nSPS) is 19.9. The van der Waals surface area contributed by atoms with E-state index in [4.69, 9.17) is 25.8 Å². The molecule has 1 amide bonds. The molecule has 0 atom stereocenters. The van der Waals surface area contributed by atoms with Crippen LogP contribution in [0.5, 0.6) is 5.75 Å². The van der Waals surface area contributed by atoms with Crippen molar-refractivity contribution < 1.29 is 19.0 Å². The first-order chi connectivity index (χ1) is 12.2. The van der Waals surface area contributed by atoms with Gasteiger partial charge < -0.3 is 19.5 Å². The Bertz CT molecular complexity index is 541. The van der Waals surface area contributed by atoms with Crippen LogP contribution in [0.25, 0.3) is 0 Å². The number of nitrogens with zero attached hydrogens (tertiary/aromatic N) is 1. The molecular weight excluding hydrogens is 344 g/mol. The monoisotopic (exact) mass is 368 g/mol. The summed E-state index contributed by atoms with van der Waals surface area (Å²) in [6, 6.07) is 7.18. The zero-order valence-corrected chi connectivity index (χ0v) is 15.0. The van der Waals surface area contributed by atoms with Crippen LogP contribution >= 0.6 is 11.6 Å². The van der Waals surface area contributed by atoms with Crippen molar-refractivity contribution >= 4 is 17.5 Å². The van der Waals surface area contributed by atoms with Gasteiger partial charge in [-0.3, -0.25) is 9.69 Å². The Morgan fingerprint density at radius 2 is 1.88 bits per heavy atom. The van der Waals surface area contributed by atoms with Crippen molar-refractivity contribution in [2.24, 2.45) is 5.92 Å². The molecule has 25 heavy (non-hydrogen) atoms. The maximum atomic E-state index is 12.0. The molecule has 0 spiro atoms. The van der Waals surface area contributed by atoms with Gasteiger partial charge in [0.2, 0.25) is 5.91 Å². The van der Waals surface area contributed by atoms with Gasteiger partial charge in [-0.05, 0) is 50.2 Å². The first-order valence-electron chi connectivity index (χ1n) is 8.81. The number of benzene rings is 1. The lowest BCUT2D eigenvalue weighted by Crippen LogP contribution is -2.44. The molecule has 2 aliphatic rings. The molecule has 0 bridgehead atoms. The van der Waals surface area contributed by atoms with Gasteiger partial charge in [-0.25, -0.2) is 0 Å². The highest BCUT2D eigenvalue weighted by Gasteiger charge is 2.30. The van der Waals surface area contributed by atoms with Gasteiger partial charge in [-0.2, -0.15) is 0 Å². The summed E-state index contributed by atoms with van der Waals surface area (Å²) in [5.41, 5.74) is 0. The highest BCUT2D eigenvalue weighted by atomic mass is 35.5. The number of ether oxygens (including phenoxy) is 3. The second-order valence-electron chi connectivity index (χ2n) is 6.38. The molecule has 0 unspecified atom stereocenters. The number of likely N-dealkylation sites (tertiary alicyclic amines) is 1. The third-order valence-electron chi connectivity index (χ3n) is 4.54. The molecule has 1 aromatic rings. The number of nitrogens with one attached hydrogen (secondary N) is 1. The summed E-state index contributed by atoms with van der Waals surface area (Å²) in [6.07, 6.45) is 1.98. The summed E-state index contributed by atoms with van der Waals surface area (Å²) in [7, 11) is 0. The fraction of sp³-hybridized carbons (Fsp3) is 0.611. The van der Waals surface area contributed by atoms with Crippen molar-refractivity contribution in [3.05, 3.63) is 29.3 Å².